The van der Waals surface area contributed by atoms with Crippen molar-refractivity contribution < 1.29 is 0 Å². The van der Waals surface area contributed by atoms with E-state index in [1.54, 1.807) is 11.8 Å². The van der Waals surface area contributed by atoms with Gasteiger partial charge in [-0.05, 0) is 26.3 Å². The summed E-state index contributed by atoms with van der Waals surface area (Å²) in [7, 11) is 4.03. The van der Waals surface area contributed by atoms with Crippen molar-refractivity contribution in [1.82, 2.24) is 29.9 Å². The van der Waals surface area contributed by atoms with E-state index in [1.165, 1.54) is 18.4 Å². The molecule has 0 aromatic carbocycles. The van der Waals surface area contributed by atoms with Crippen LogP contribution < -0.4 is 5.32 Å². The Hall–Kier alpha value is -1.34. The molecule has 0 radical (unpaired) electrons. The number of nitrogens with one attached hydrogen (secondary N) is 1. The van der Waals surface area contributed by atoms with Crippen molar-refractivity contribution in [1.29, 1.82) is 0 Å². The molecular formula is C14H22N6S. The van der Waals surface area contributed by atoms with Gasteiger partial charge in [-0.25, -0.2) is 0 Å². The first-order valence-corrected chi connectivity index (χ1v) is 8.35. The molecule has 1 aliphatic rings. The molecule has 1 saturated heterocycles. The van der Waals surface area contributed by atoms with Crippen molar-refractivity contribution >= 4 is 11.8 Å². The highest BCUT2D eigenvalue weighted by Crippen LogP contribution is 2.27. The molecule has 2 aromatic heterocycles. The fourth-order valence-electron chi connectivity index (χ4n) is 2.81. The molecule has 0 amide bonds. The van der Waals surface area contributed by atoms with Gasteiger partial charge in [0.15, 0.2) is 5.16 Å². The largest absolute Gasteiger partial charge is 0.316 e. The molecule has 7 heteroatoms. The van der Waals surface area contributed by atoms with E-state index in [2.05, 4.69) is 38.4 Å². The maximum Gasteiger partial charge on any atom is 0.191 e. The quantitative estimate of drug-likeness (QED) is 0.870. The monoisotopic (exact) mass is 306 g/mol. The second kappa shape index (κ2) is 6.19. The lowest BCUT2D eigenvalue weighted by atomic mass is 9.99. The number of hydrogen-bond acceptors (Lipinski definition) is 5. The Labute approximate surface area is 129 Å². The van der Waals surface area contributed by atoms with Crippen molar-refractivity contribution in [3.05, 3.63) is 23.3 Å². The van der Waals surface area contributed by atoms with Gasteiger partial charge in [-0.2, -0.15) is 5.10 Å². The summed E-state index contributed by atoms with van der Waals surface area (Å²) in [6.45, 7) is 4.18. The summed E-state index contributed by atoms with van der Waals surface area (Å²) in [6, 6.07) is 0. The highest BCUT2D eigenvalue weighted by molar-refractivity contribution is 7.98. The Morgan fingerprint density at radius 2 is 2.24 bits per heavy atom. The Bertz CT molecular complexity index is 611. The molecule has 1 atom stereocenters. The summed E-state index contributed by atoms with van der Waals surface area (Å²) in [5, 5.41) is 17.6. The number of rotatable bonds is 4. The smallest absolute Gasteiger partial charge is 0.191 e. The predicted octanol–water partition coefficient (Wildman–Crippen LogP) is 1.62. The molecule has 114 valence electrons. The van der Waals surface area contributed by atoms with Crippen LogP contribution in [0.2, 0.25) is 0 Å². The third-order valence-corrected chi connectivity index (χ3v) is 5.07. The Morgan fingerprint density at radius 3 is 2.90 bits per heavy atom. The average Bonchev–Trinajstić information content (AvgIpc) is 3.00. The highest BCUT2D eigenvalue weighted by atomic mass is 32.2. The van der Waals surface area contributed by atoms with E-state index in [0.717, 1.165) is 35.5 Å². The molecule has 0 saturated carbocycles. The van der Waals surface area contributed by atoms with Gasteiger partial charge in [-0.15, -0.1) is 10.2 Å². The summed E-state index contributed by atoms with van der Waals surface area (Å²) in [6.07, 6.45) is 4.49. The summed E-state index contributed by atoms with van der Waals surface area (Å²) in [5.74, 6) is 2.48. The summed E-state index contributed by atoms with van der Waals surface area (Å²) in [4.78, 5) is 0. The zero-order valence-corrected chi connectivity index (χ0v) is 13.7. The van der Waals surface area contributed by atoms with E-state index in [-0.39, 0.29) is 0 Å². The van der Waals surface area contributed by atoms with Crippen LogP contribution >= 0.6 is 11.8 Å². The number of hydrogen-bond donors (Lipinski definition) is 1. The summed E-state index contributed by atoms with van der Waals surface area (Å²) >= 11 is 1.73. The first kappa shape index (κ1) is 14.6. The first-order valence-electron chi connectivity index (χ1n) is 7.37. The molecule has 1 aliphatic heterocycles. The molecule has 0 bridgehead atoms. The number of thioether (sulfide) groups is 1. The van der Waals surface area contributed by atoms with E-state index in [1.807, 2.05) is 18.7 Å². The van der Waals surface area contributed by atoms with Crippen LogP contribution in [0.25, 0.3) is 0 Å². The van der Waals surface area contributed by atoms with Crippen LogP contribution in [-0.4, -0.2) is 37.6 Å². The van der Waals surface area contributed by atoms with Gasteiger partial charge in [0.1, 0.15) is 5.82 Å². The summed E-state index contributed by atoms with van der Waals surface area (Å²) < 4.78 is 4.01. The normalized spacial score (nSPS) is 19.1. The molecule has 0 aliphatic carbocycles. The minimum Gasteiger partial charge on any atom is -0.316 e. The molecule has 1 unspecified atom stereocenters. The van der Waals surface area contributed by atoms with Gasteiger partial charge < -0.3 is 9.88 Å². The average molecular weight is 306 g/mol. The lowest BCUT2D eigenvalue weighted by Crippen LogP contribution is -2.29. The Morgan fingerprint density at radius 1 is 1.38 bits per heavy atom. The van der Waals surface area contributed by atoms with Crippen LogP contribution in [0.1, 0.15) is 35.8 Å². The van der Waals surface area contributed by atoms with Crippen molar-refractivity contribution in [3.63, 3.8) is 0 Å². The van der Waals surface area contributed by atoms with Gasteiger partial charge in [0, 0.05) is 44.1 Å². The van der Waals surface area contributed by atoms with Crippen LogP contribution in [0.3, 0.4) is 0 Å². The molecule has 1 fully saturated rings. The van der Waals surface area contributed by atoms with E-state index in [0.29, 0.717) is 5.92 Å². The van der Waals surface area contributed by atoms with Crippen molar-refractivity contribution in [2.75, 3.05) is 13.1 Å². The minimum atomic E-state index is 0.491. The lowest BCUT2D eigenvalue weighted by Gasteiger charge is -2.21. The van der Waals surface area contributed by atoms with Gasteiger partial charge in [0.25, 0.3) is 0 Å². The fourth-order valence-corrected chi connectivity index (χ4v) is 3.77. The number of aryl methyl sites for hydroxylation is 2. The number of nitrogens with zero attached hydrogens (tertiary/aromatic N) is 5. The Kier molecular flexibility index (Phi) is 4.30. The number of aromatic nitrogens is 5. The third kappa shape index (κ3) is 3.13. The van der Waals surface area contributed by atoms with E-state index in [9.17, 15) is 0 Å². The maximum absolute atomic E-state index is 4.41. The van der Waals surface area contributed by atoms with Crippen LogP contribution in [0.5, 0.6) is 0 Å². The fraction of sp³-hybridized carbons (Fsp3) is 0.643. The molecule has 3 heterocycles. The molecule has 2 aromatic rings. The topological polar surface area (TPSA) is 60.6 Å². The van der Waals surface area contributed by atoms with Crippen LogP contribution in [-0.2, 0) is 19.8 Å². The molecular weight excluding hydrogens is 284 g/mol. The highest BCUT2D eigenvalue weighted by Gasteiger charge is 2.21. The van der Waals surface area contributed by atoms with Gasteiger partial charge in [0.05, 0.1) is 5.69 Å². The minimum absolute atomic E-state index is 0.491. The zero-order valence-electron chi connectivity index (χ0n) is 12.8. The Balaban J connectivity index is 1.69. The molecule has 6 nitrogen and oxygen atoms in total. The predicted molar refractivity (Wildman–Crippen MR) is 83.4 cm³/mol. The van der Waals surface area contributed by atoms with Gasteiger partial charge >= 0.3 is 0 Å². The molecule has 0 spiro atoms. The summed E-state index contributed by atoms with van der Waals surface area (Å²) in [5.41, 5.74) is 2.34. The molecule has 21 heavy (non-hydrogen) atoms. The molecule has 1 N–H and O–H groups in total. The van der Waals surface area contributed by atoms with Crippen LogP contribution in [0.15, 0.2) is 11.4 Å². The number of piperidine rings is 1. The SMILES string of the molecule is Cc1nn(C)cc1CSc1nnc(C2CCCNC2)n1C. The first-order chi connectivity index (χ1) is 10.1. The molecule has 3 rings (SSSR count). The van der Waals surface area contributed by atoms with Crippen molar-refractivity contribution in [3.8, 4) is 0 Å². The second-order valence-electron chi connectivity index (χ2n) is 5.65. The van der Waals surface area contributed by atoms with Gasteiger partial charge in [-0.1, -0.05) is 11.8 Å². The van der Waals surface area contributed by atoms with E-state index in [4.69, 9.17) is 0 Å². The van der Waals surface area contributed by atoms with Crippen molar-refractivity contribution in [2.45, 2.75) is 36.6 Å². The van der Waals surface area contributed by atoms with E-state index < -0.39 is 0 Å². The van der Waals surface area contributed by atoms with Gasteiger partial charge in [0.2, 0.25) is 0 Å². The third-order valence-electron chi connectivity index (χ3n) is 4.00. The van der Waals surface area contributed by atoms with E-state index >= 15 is 0 Å². The second-order valence-corrected chi connectivity index (χ2v) is 6.59. The van der Waals surface area contributed by atoms with Crippen molar-refractivity contribution in [2.24, 2.45) is 14.1 Å². The standard InChI is InChI=1S/C14H22N6S/c1-10-12(8-19(2)18-10)9-21-14-17-16-13(20(14)3)11-5-4-6-15-7-11/h8,11,15H,4-7,9H2,1-3H3. The van der Waals surface area contributed by atoms with Crippen LogP contribution in [0.4, 0.5) is 0 Å². The van der Waals surface area contributed by atoms with Crippen LogP contribution in [0, 0.1) is 6.92 Å². The zero-order chi connectivity index (χ0) is 14.8. The van der Waals surface area contributed by atoms with Gasteiger partial charge in [-0.3, -0.25) is 4.68 Å². The maximum atomic E-state index is 4.41. The lowest BCUT2D eigenvalue weighted by molar-refractivity contribution is 0.436.